The maximum absolute atomic E-state index is 12.1. The molecular weight excluding hydrogens is 435 g/mol. The first-order chi connectivity index (χ1) is 11.9. The van der Waals surface area contributed by atoms with Gasteiger partial charge in [-0.3, -0.25) is 0 Å². The fourth-order valence-corrected chi connectivity index (χ4v) is 4.42. The number of hydrogen-bond donors (Lipinski definition) is 0. The highest BCUT2D eigenvalue weighted by Gasteiger charge is 2.39. The summed E-state index contributed by atoms with van der Waals surface area (Å²) in [7, 11) is 0. The number of carbonyl (C=O) groups excluding carboxylic acids is 2. The van der Waals surface area contributed by atoms with E-state index in [4.69, 9.17) is 14.2 Å². The summed E-state index contributed by atoms with van der Waals surface area (Å²) >= 11 is -1.08. The van der Waals surface area contributed by atoms with Crippen molar-refractivity contribution in [3.8, 4) is 5.75 Å². The van der Waals surface area contributed by atoms with E-state index in [0.29, 0.717) is 12.4 Å². The third kappa shape index (κ3) is 4.45. The van der Waals surface area contributed by atoms with E-state index in [-0.39, 0.29) is 3.51 Å². The van der Waals surface area contributed by atoms with Crippen LogP contribution in [0, 0.1) is 3.57 Å². The molecule has 0 unspecified atom stereocenters. The number of carbonyl (C=O) groups is 2. The summed E-state index contributed by atoms with van der Waals surface area (Å²) in [5, 5.41) is 0. The van der Waals surface area contributed by atoms with Gasteiger partial charge >= 0.3 is 11.9 Å². The summed E-state index contributed by atoms with van der Waals surface area (Å²) in [6.07, 6.45) is 0. The summed E-state index contributed by atoms with van der Waals surface area (Å²) in [6.45, 7) is 3.49. The van der Waals surface area contributed by atoms with Crippen molar-refractivity contribution < 1.29 is 23.8 Å². The number of ether oxygens (including phenoxy) is 3. The normalized spacial score (nSPS) is 16.2. The standard InChI is InChI=1S/C19H17IO5/c1-19(2)24-17(21)16(18(22)25-19)20-14-10-6-7-11-15(14)23-12-13-8-4-3-5-9-13/h3-11H,12H2,1-2H3. The molecule has 2 aromatic rings. The Morgan fingerprint density at radius 3 is 2.20 bits per heavy atom. The van der Waals surface area contributed by atoms with Gasteiger partial charge in [0.05, 0.1) is 3.57 Å². The first kappa shape index (κ1) is 17.6. The minimum absolute atomic E-state index is 0.0777. The molecule has 0 aliphatic carbocycles. The summed E-state index contributed by atoms with van der Waals surface area (Å²) in [6, 6.07) is 17.2. The smallest absolute Gasteiger partial charge is 0.354 e. The first-order valence-electron chi connectivity index (χ1n) is 7.69. The number of benzene rings is 2. The van der Waals surface area contributed by atoms with Crippen molar-refractivity contribution in [2.24, 2.45) is 0 Å². The minimum atomic E-state index is -1.22. The Morgan fingerprint density at radius 2 is 1.52 bits per heavy atom. The topological polar surface area (TPSA) is 61.8 Å². The molecule has 1 heterocycles. The van der Waals surface area contributed by atoms with E-state index < -0.39 is 38.5 Å². The maximum atomic E-state index is 12.1. The average Bonchev–Trinajstić information content (AvgIpc) is 2.57. The molecule has 0 spiro atoms. The first-order valence-corrected chi connectivity index (χ1v) is 9.84. The van der Waals surface area contributed by atoms with Crippen molar-refractivity contribution in [1.29, 1.82) is 0 Å². The second kappa shape index (κ2) is 7.35. The third-order valence-corrected chi connectivity index (χ3v) is 6.20. The van der Waals surface area contributed by atoms with Crippen molar-refractivity contribution in [1.82, 2.24) is 0 Å². The average molecular weight is 452 g/mol. The molecule has 0 N–H and O–H groups in total. The highest BCUT2D eigenvalue weighted by molar-refractivity contribution is 14.2. The Hall–Kier alpha value is -2.22. The van der Waals surface area contributed by atoms with Crippen LogP contribution in [-0.2, 0) is 25.7 Å². The second-order valence-electron chi connectivity index (χ2n) is 5.79. The lowest BCUT2D eigenvalue weighted by molar-refractivity contribution is -0.214. The fourth-order valence-electron chi connectivity index (χ4n) is 2.19. The van der Waals surface area contributed by atoms with Gasteiger partial charge in [-0.25, -0.2) is 9.59 Å². The lowest BCUT2D eigenvalue weighted by Crippen LogP contribution is -2.46. The number of para-hydroxylation sites is 1. The summed E-state index contributed by atoms with van der Waals surface area (Å²) in [4.78, 5) is 24.3. The molecule has 0 radical (unpaired) electrons. The molecule has 0 aromatic heterocycles. The molecule has 3 rings (SSSR count). The lowest BCUT2D eigenvalue weighted by Gasteiger charge is -2.29. The van der Waals surface area contributed by atoms with Gasteiger partial charge in [-0.1, -0.05) is 63.2 Å². The van der Waals surface area contributed by atoms with Crippen LogP contribution >= 0.6 is 20.7 Å². The lowest BCUT2D eigenvalue weighted by atomic mass is 10.2. The molecule has 1 saturated heterocycles. The molecule has 0 amide bonds. The zero-order valence-electron chi connectivity index (χ0n) is 13.8. The molecule has 0 atom stereocenters. The van der Waals surface area contributed by atoms with E-state index in [9.17, 15) is 9.59 Å². The molecule has 0 bridgehead atoms. The summed E-state index contributed by atoms with van der Waals surface area (Å²) in [5.41, 5.74) is 1.04. The zero-order chi connectivity index (χ0) is 17.9. The van der Waals surface area contributed by atoms with Crippen LogP contribution in [0.2, 0.25) is 0 Å². The number of hydrogen-bond acceptors (Lipinski definition) is 5. The molecule has 130 valence electrons. The zero-order valence-corrected chi connectivity index (χ0v) is 16.0. The summed E-state index contributed by atoms with van der Waals surface area (Å²) < 4.78 is 17.1. The molecule has 25 heavy (non-hydrogen) atoms. The predicted molar refractivity (Wildman–Crippen MR) is 101 cm³/mol. The third-order valence-electron chi connectivity index (χ3n) is 3.31. The van der Waals surface area contributed by atoms with Crippen molar-refractivity contribution >= 4 is 36.2 Å². The summed E-state index contributed by atoms with van der Waals surface area (Å²) in [5.74, 6) is -1.76. The van der Waals surface area contributed by atoms with Gasteiger partial charge < -0.3 is 14.2 Å². The van der Waals surface area contributed by atoms with Crippen LogP contribution in [0.5, 0.6) is 5.75 Å². The van der Waals surface area contributed by atoms with Crippen LogP contribution in [0.4, 0.5) is 0 Å². The second-order valence-corrected chi connectivity index (χ2v) is 8.57. The quantitative estimate of drug-likeness (QED) is 0.526. The van der Waals surface area contributed by atoms with Crippen LogP contribution in [0.25, 0.3) is 0 Å². The van der Waals surface area contributed by atoms with Crippen LogP contribution in [0.1, 0.15) is 19.4 Å². The number of cyclic esters (lactones) is 2. The van der Waals surface area contributed by atoms with Gasteiger partial charge in [0.15, 0.2) is 3.51 Å². The van der Waals surface area contributed by atoms with E-state index in [1.807, 2.05) is 54.6 Å². The number of esters is 2. The Bertz CT molecular complexity index is 805. The van der Waals surface area contributed by atoms with E-state index >= 15 is 0 Å². The fraction of sp³-hybridized carbons (Fsp3) is 0.211. The molecule has 1 aliphatic rings. The number of rotatable bonds is 4. The van der Waals surface area contributed by atoms with Gasteiger partial charge in [0.1, 0.15) is 12.4 Å². The molecule has 1 aliphatic heterocycles. The molecule has 6 heteroatoms. The minimum Gasteiger partial charge on any atom is -0.488 e. The Labute approximate surface area is 155 Å². The van der Waals surface area contributed by atoms with Crippen molar-refractivity contribution in [2.45, 2.75) is 26.2 Å². The van der Waals surface area contributed by atoms with E-state index in [2.05, 4.69) is 0 Å². The Morgan fingerprint density at radius 1 is 0.920 bits per heavy atom. The largest absolute Gasteiger partial charge is 0.488 e. The molecule has 1 fully saturated rings. The van der Waals surface area contributed by atoms with Crippen LogP contribution < -0.4 is 4.74 Å². The van der Waals surface area contributed by atoms with Crippen molar-refractivity contribution in [2.75, 3.05) is 0 Å². The SMILES string of the molecule is CC1(C)OC(=O)C(=Ic2ccccc2OCc2ccccc2)C(=O)O1. The van der Waals surface area contributed by atoms with E-state index in [1.54, 1.807) is 0 Å². The van der Waals surface area contributed by atoms with E-state index in [1.165, 1.54) is 13.8 Å². The highest BCUT2D eigenvalue weighted by atomic mass is 127. The highest BCUT2D eigenvalue weighted by Crippen LogP contribution is 2.29. The van der Waals surface area contributed by atoms with Crippen molar-refractivity contribution in [3.63, 3.8) is 0 Å². The van der Waals surface area contributed by atoms with E-state index in [0.717, 1.165) is 9.13 Å². The van der Waals surface area contributed by atoms with Crippen LogP contribution in [0.3, 0.4) is 0 Å². The molecular formula is C19H17IO5. The van der Waals surface area contributed by atoms with Gasteiger partial charge in [0.25, 0.3) is 5.79 Å². The van der Waals surface area contributed by atoms with Crippen molar-refractivity contribution in [3.05, 3.63) is 63.7 Å². The predicted octanol–water partition coefficient (Wildman–Crippen LogP) is 3.41. The van der Waals surface area contributed by atoms with Gasteiger partial charge in [-0.15, -0.1) is 0 Å². The van der Waals surface area contributed by atoms with Gasteiger partial charge in [0, 0.05) is 13.8 Å². The van der Waals surface area contributed by atoms with Crippen LogP contribution in [0.15, 0.2) is 54.6 Å². The molecule has 5 nitrogen and oxygen atoms in total. The van der Waals surface area contributed by atoms with Gasteiger partial charge in [0.2, 0.25) is 0 Å². The number of halogens is 1. The molecule has 2 aromatic carbocycles. The van der Waals surface area contributed by atoms with Gasteiger partial charge in [-0.05, 0) is 17.7 Å². The monoisotopic (exact) mass is 452 g/mol. The molecule has 0 saturated carbocycles. The Balaban J connectivity index is 1.83. The van der Waals surface area contributed by atoms with Crippen LogP contribution in [-0.4, -0.2) is 21.2 Å². The Kier molecular flexibility index (Phi) is 5.17. The van der Waals surface area contributed by atoms with Gasteiger partial charge in [-0.2, -0.15) is 0 Å². The maximum Gasteiger partial charge on any atom is 0.354 e.